The van der Waals surface area contributed by atoms with Crippen molar-refractivity contribution in [3.05, 3.63) is 35.9 Å². The van der Waals surface area contributed by atoms with Gasteiger partial charge in [0, 0.05) is 0 Å². The van der Waals surface area contributed by atoms with Crippen molar-refractivity contribution in [3.63, 3.8) is 0 Å². The van der Waals surface area contributed by atoms with Gasteiger partial charge in [0.25, 0.3) is 0 Å². The summed E-state index contributed by atoms with van der Waals surface area (Å²) in [5.41, 5.74) is 6.95. The molecule has 3 amide bonds. The zero-order chi connectivity index (χ0) is 24.4. The molecule has 6 N–H and O–H groups in total. The van der Waals surface area contributed by atoms with Gasteiger partial charge in [0.1, 0.15) is 18.1 Å². The number of amides is 3. The lowest BCUT2D eigenvalue weighted by atomic mass is 9.99. The van der Waals surface area contributed by atoms with Gasteiger partial charge in [-0.1, -0.05) is 58.0 Å². The van der Waals surface area contributed by atoms with Crippen LogP contribution < -0.4 is 21.7 Å². The van der Waals surface area contributed by atoms with E-state index in [1.807, 2.05) is 44.2 Å². The van der Waals surface area contributed by atoms with Gasteiger partial charge in [0.15, 0.2) is 0 Å². The van der Waals surface area contributed by atoms with Gasteiger partial charge in [-0.2, -0.15) is 0 Å². The van der Waals surface area contributed by atoms with Crippen LogP contribution in [0.1, 0.15) is 46.6 Å². The molecule has 0 saturated heterocycles. The second-order valence-corrected chi connectivity index (χ2v) is 8.79. The van der Waals surface area contributed by atoms with Crippen LogP contribution in [0.2, 0.25) is 0 Å². The van der Waals surface area contributed by atoms with Crippen LogP contribution in [0.3, 0.4) is 0 Å². The van der Waals surface area contributed by atoms with Crippen LogP contribution in [0, 0.1) is 11.8 Å². The molecule has 4 unspecified atom stereocenters. The fourth-order valence-electron chi connectivity index (χ4n) is 3.10. The van der Waals surface area contributed by atoms with Gasteiger partial charge >= 0.3 is 5.97 Å². The zero-order valence-electron chi connectivity index (χ0n) is 19.4. The Morgan fingerprint density at radius 1 is 0.875 bits per heavy atom. The molecule has 0 aromatic heterocycles. The lowest BCUT2D eigenvalue weighted by molar-refractivity contribution is -0.142. The summed E-state index contributed by atoms with van der Waals surface area (Å²) in [5, 5.41) is 16.8. The molecule has 4 atom stereocenters. The summed E-state index contributed by atoms with van der Waals surface area (Å²) >= 11 is 0. The predicted octanol–water partition coefficient (Wildman–Crippen LogP) is 0.817. The Bertz CT molecular complexity index is 782. The van der Waals surface area contributed by atoms with E-state index in [-0.39, 0.29) is 11.8 Å². The van der Waals surface area contributed by atoms with E-state index in [0.29, 0.717) is 12.8 Å². The van der Waals surface area contributed by atoms with E-state index in [4.69, 9.17) is 10.8 Å². The lowest BCUT2D eigenvalue weighted by Crippen LogP contribution is -2.58. The fraction of sp³-hybridized carbons (Fsp3) is 0.565. The molecule has 1 aromatic rings. The van der Waals surface area contributed by atoms with Crippen molar-refractivity contribution in [1.29, 1.82) is 0 Å². The third kappa shape index (κ3) is 9.05. The van der Waals surface area contributed by atoms with Crippen LogP contribution in [-0.4, -0.2) is 53.0 Å². The van der Waals surface area contributed by atoms with Gasteiger partial charge in [-0.25, -0.2) is 0 Å². The molecule has 1 aromatic carbocycles. The van der Waals surface area contributed by atoms with Crippen LogP contribution in [0.4, 0.5) is 0 Å². The third-order valence-electron chi connectivity index (χ3n) is 4.95. The van der Waals surface area contributed by atoms with Crippen molar-refractivity contribution in [2.75, 3.05) is 0 Å². The summed E-state index contributed by atoms with van der Waals surface area (Å²) in [6, 6.07) is 5.57. The maximum atomic E-state index is 13.0. The molecule has 0 spiro atoms. The van der Waals surface area contributed by atoms with Crippen LogP contribution in [-0.2, 0) is 25.6 Å². The van der Waals surface area contributed by atoms with Crippen LogP contribution in [0.15, 0.2) is 30.3 Å². The summed E-state index contributed by atoms with van der Waals surface area (Å²) in [6.07, 6.45) is 0.681. The first-order chi connectivity index (χ1) is 14.9. The quantitative estimate of drug-likeness (QED) is 0.319. The van der Waals surface area contributed by atoms with Crippen molar-refractivity contribution in [2.45, 2.75) is 71.6 Å². The normalized spacial score (nSPS) is 14.9. The predicted molar refractivity (Wildman–Crippen MR) is 122 cm³/mol. The highest BCUT2D eigenvalue weighted by Gasteiger charge is 2.31. The molecular formula is C23H36N4O5. The summed E-state index contributed by atoms with van der Waals surface area (Å²) in [7, 11) is 0. The van der Waals surface area contributed by atoms with E-state index < -0.39 is 47.9 Å². The minimum Gasteiger partial charge on any atom is -0.480 e. The average Bonchev–Trinajstić information content (AvgIpc) is 2.71. The van der Waals surface area contributed by atoms with Gasteiger partial charge in [0.2, 0.25) is 17.7 Å². The summed E-state index contributed by atoms with van der Waals surface area (Å²) in [5.74, 6) is -2.95. The minimum atomic E-state index is -1.18. The Hall–Kier alpha value is -2.94. The molecule has 9 heteroatoms. The number of carbonyl (C=O) groups is 4. The number of nitrogens with one attached hydrogen (secondary N) is 3. The molecule has 9 nitrogen and oxygen atoms in total. The van der Waals surface area contributed by atoms with Crippen molar-refractivity contribution >= 4 is 23.7 Å². The highest BCUT2D eigenvalue weighted by atomic mass is 16.4. The van der Waals surface area contributed by atoms with Gasteiger partial charge in [0.05, 0.1) is 6.04 Å². The molecule has 0 radical (unpaired) electrons. The maximum absolute atomic E-state index is 13.0. The summed E-state index contributed by atoms with van der Waals surface area (Å²) < 4.78 is 0. The first kappa shape index (κ1) is 27.1. The molecule has 0 fully saturated rings. The number of rotatable bonds is 12. The summed E-state index contributed by atoms with van der Waals surface area (Å²) in [4.78, 5) is 49.2. The van der Waals surface area contributed by atoms with E-state index in [9.17, 15) is 19.2 Å². The molecule has 32 heavy (non-hydrogen) atoms. The molecule has 0 aliphatic carbocycles. The zero-order valence-corrected chi connectivity index (χ0v) is 19.4. The number of nitrogens with two attached hydrogens (primary N) is 1. The molecule has 0 aliphatic heterocycles. The third-order valence-corrected chi connectivity index (χ3v) is 4.95. The average molecular weight is 449 g/mol. The topological polar surface area (TPSA) is 151 Å². The SMILES string of the molecule is CC(C)CC(NC(=O)C(N)Cc1ccccc1)C(=O)NC(C(=O)NC(C)C(=O)O)C(C)C. The van der Waals surface area contributed by atoms with Gasteiger partial charge < -0.3 is 26.8 Å². The molecule has 0 bridgehead atoms. The van der Waals surface area contributed by atoms with Crippen molar-refractivity contribution < 1.29 is 24.3 Å². The van der Waals surface area contributed by atoms with Gasteiger partial charge in [-0.3, -0.25) is 19.2 Å². The highest BCUT2D eigenvalue weighted by Crippen LogP contribution is 2.09. The van der Waals surface area contributed by atoms with Crippen molar-refractivity contribution in [3.8, 4) is 0 Å². The fourth-order valence-corrected chi connectivity index (χ4v) is 3.10. The second kappa shape index (κ2) is 12.8. The van der Waals surface area contributed by atoms with E-state index in [1.165, 1.54) is 6.92 Å². The number of hydrogen-bond acceptors (Lipinski definition) is 5. The Morgan fingerprint density at radius 2 is 1.47 bits per heavy atom. The number of carboxylic acids is 1. The van der Waals surface area contributed by atoms with Crippen LogP contribution >= 0.6 is 0 Å². The van der Waals surface area contributed by atoms with E-state index in [0.717, 1.165) is 5.56 Å². The number of carbonyl (C=O) groups excluding carboxylic acids is 3. The lowest BCUT2D eigenvalue weighted by Gasteiger charge is -2.27. The van der Waals surface area contributed by atoms with E-state index >= 15 is 0 Å². The Labute approximate surface area is 189 Å². The number of benzene rings is 1. The number of carboxylic acid groups (broad SMARTS) is 1. The molecule has 1 rings (SSSR count). The second-order valence-electron chi connectivity index (χ2n) is 8.79. The molecule has 0 aliphatic rings. The molecule has 0 saturated carbocycles. The first-order valence-corrected chi connectivity index (χ1v) is 10.9. The Balaban J connectivity index is 2.87. The standard InChI is InChI=1S/C23H36N4O5/c1-13(2)11-18(26-20(28)17(24)12-16-9-7-6-8-10-16)21(29)27-19(14(3)4)22(30)25-15(5)23(31)32/h6-10,13-15,17-19H,11-12,24H2,1-5H3,(H,25,30)(H,26,28)(H,27,29)(H,31,32). The van der Waals surface area contributed by atoms with Crippen molar-refractivity contribution in [1.82, 2.24) is 16.0 Å². The number of hydrogen-bond donors (Lipinski definition) is 5. The van der Waals surface area contributed by atoms with Crippen LogP contribution in [0.25, 0.3) is 0 Å². The van der Waals surface area contributed by atoms with E-state index in [1.54, 1.807) is 13.8 Å². The number of aliphatic carboxylic acids is 1. The smallest absolute Gasteiger partial charge is 0.325 e. The van der Waals surface area contributed by atoms with Gasteiger partial charge in [-0.05, 0) is 37.2 Å². The largest absolute Gasteiger partial charge is 0.480 e. The van der Waals surface area contributed by atoms with Crippen molar-refractivity contribution in [2.24, 2.45) is 17.6 Å². The van der Waals surface area contributed by atoms with Crippen LogP contribution in [0.5, 0.6) is 0 Å². The van der Waals surface area contributed by atoms with Gasteiger partial charge in [-0.15, -0.1) is 0 Å². The molecular weight excluding hydrogens is 412 g/mol. The molecule has 178 valence electrons. The molecule has 0 heterocycles. The first-order valence-electron chi connectivity index (χ1n) is 10.9. The van der Waals surface area contributed by atoms with E-state index in [2.05, 4.69) is 16.0 Å². The Morgan fingerprint density at radius 3 is 1.97 bits per heavy atom. The summed E-state index contributed by atoms with van der Waals surface area (Å²) in [6.45, 7) is 8.65. The monoisotopic (exact) mass is 448 g/mol. The Kier molecular flexibility index (Phi) is 10.8. The highest BCUT2D eigenvalue weighted by molar-refractivity contribution is 5.94. The maximum Gasteiger partial charge on any atom is 0.325 e. The minimum absolute atomic E-state index is 0.0924.